The second-order valence-electron chi connectivity index (χ2n) is 5.49. The van der Waals surface area contributed by atoms with E-state index in [-0.39, 0.29) is 24.1 Å². The fourth-order valence-electron chi connectivity index (χ4n) is 2.32. The molecule has 0 spiro atoms. The normalized spacial score (nSPS) is 10.0. The smallest absolute Gasteiger partial charge is 0.244 e. The van der Waals surface area contributed by atoms with Crippen LogP contribution in [-0.4, -0.2) is 31.3 Å². The first-order valence-corrected chi connectivity index (χ1v) is 7.73. The van der Waals surface area contributed by atoms with Gasteiger partial charge in [0.15, 0.2) is 5.78 Å². The van der Waals surface area contributed by atoms with Crippen molar-refractivity contribution >= 4 is 29.0 Å². The minimum absolute atomic E-state index is 0.0853. The molecule has 0 aliphatic carbocycles. The van der Waals surface area contributed by atoms with Crippen molar-refractivity contribution in [3.63, 3.8) is 0 Å². The number of Topliss-reactive ketones (excluding diaryl/α,β-unsaturated/α-hetero) is 1. The van der Waals surface area contributed by atoms with Gasteiger partial charge in [-0.05, 0) is 31.2 Å². The summed E-state index contributed by atoms with van der Waals surface area (Å²) in [5.41, 5.74) is 1.58. The molecule has 25 heavy (non-hydrogen) atoms. The summed E-state index contributed by atoms with van der Waals surface area (Å²) in [6.07, 6.45) is 0. The molecule has 0 heterocycles. The number of ether oxygens (including phenoxy) is 1. The Labute approximate surface area is 146 Å². The Bertz CT molecular complexity index is 802. The monoisotopic (exact) mass is 340 g/mol. The maximum atomic E-state index is 12.3. The van der Waals surface area contributed by atoms with E-state index >= 15 is 0 Å². The van der Waals surface area contributed by atoms with Gasteiger partial charge in [0.05, 0.1) is 7.11 Å². The summed E-state index contributed by atoms with van der Waals surface area (Å²) in [5.74, 6) is -0.115. The molecule has 0 unspecified atom stereocenters. The number of carbonyl (C=O) groups excluding carboxylic acids is 3. The molecule has 0 saturated carbocycles. The number of anilines is 2. The van der Waals surface area contributed by atoms with Gasteiger partial charge in [0.1, 0.15) is 12.3 Å². The van der Waals surface area contributed by atoms with Gasteiger partial charge in [0, 0.05) is 29.9 Å². The Kier molecular flexibility index (Phi) is 5.89. The molecule has 2 aromatic carbocycles. The predicted octanol–water partition coefficient (Wildman–Crippen LogP) is 2.89. The molecule has 2 aromatic rings. The van der Waals surface area contributed by atoms with E-state index in [1.54, 1.807) is 48.5 Å². The second kappa shape index (κ2) is 8.10. The van der Waals surface area contributed by atoms with Gasteiger partial charge in [-0.2, -0.15) is 0 Å². The number of hydrogen-bond donors (Lipinski definition) is 1. The van der Waals surface area contributed by atoms with E-state index in [9.17, 15) is 14.4 Å². The number of carbonyl (C=O) groups is 3. The number of benzene rings is 2. The topological polar surface area (TPSA) is 75.7 Å². The van der Waals surface area contributed by atoms with Crippen molar-refractivity contribution in [1.29, 1.82) is 0 Å². The summed E-state index contributed by atoms with van der Waals surface area (Å²) < 4.78 is 5.15. The summed E-state index contributed by atoms with van der Waals surface area (Å²) in [5, 5.41) is 2.70. The highest BCUT2D eigenvalue weighted by atomic mass is 16.5. The summed E-state index contributed by atoms with van der Waals surface area (Å²) in [4.78, 5) is 37.0. The maximum absolute atomic E-state index is 12.3. The van der Waals surface area contributed by atoms with Crippen LogP contribution in [0.2, 0.25) is 0 Å². The Balaban J connectivity index is 2.14. The number of methoxy groups -OCH3 is 1. The first kappa shape index (κ1) is 18.2. The van der Waals surface area contributed by atoms with Crippen LogP contribution < -0.4 is 15.0 Å². The van der Waals surface area contributed by atoms with Gasteiger partial charge >= 0.3 is 0 Å². The van der Waals surface area contributed by atoms with Crippen LogP contribution in [0.3, 0.4) is 0 Å². The summed E-state index contributed by atoms with van der Waals surface area (Å²) >= 11 is 0. The highest BCUT2D eigenvalue weighted by molar-refractivity contribution is 6.02. The lowest BCUT2D eigenvalue weighted by Crippen LogP contribution is -2.36. The van der Waals surface area contributed by atoms with Crippen molar-refractivity contribution in [3.05, 3.63) is 54.1 Å². The minimum Gasteiger partial charge on any atom is -0.497 e. The van der Waals surface area contributed by atoms with E-state index in [2.05, 4.69) is 5.32 Å². The van der Waals surface area contributed by atoms with Gasteiger partial charge < -0.3 is 15.0 Å². The van der Waals surface area contributed by atoms with Crippen LogP contribution in [-0.2, 0) is 9.59 Å². The zero-order chi connectivity index (χ0) is 18.4. The quantitative estimate of drug-likeness (QED) is 0.821. The van der Waals surface area contributed by atoms with E-state index < -0.39 is 0 Å². The number of ketones is 1. The average Bonchev–Trinajstić information content (AvgIpc) is 2.59. The van der Waals surface area contributed by atoms with Crippen LogP contribution in [0.15, 0.2) is 48.5 Å². The lowest BCUT2D eigenvalue weighted by Gasteiger charge is -2.21. The summed E-state index contributed by atoms with van der Waals surface area (Å²) in [6, 6.07) is 13.6. The standard InChI is InChI=1S/C19H20N2O4/c1-13(22)15-6-4-7-16(10-15)20-19(24)12-21(14(2)23)17-8-5-9-18(11-17)25-3/h4-11H,12H2,1-3H3,(H,20,24). The van der Waals surface area contributed by atoms with E-state index in [1.165, 1.54) is 25.9 Å². The molecular weight excluding hydrogens is 320 g/mol. The van der Waals surface area contributed by atoms with Gasteiger partial charge in [-0.3, -0.25) is 14.4 Å². The molecule has 0 fully saturated rings. The van der Waals surface area contributed by atoms with Gasteiger partial charge in [0.25, 0.3) is 0 Å². The molecule has 130 valence electrons. The van der Waals surface area contributed by atoms with Crippen molar-refractivity contribution in [3.8, 4) is 5.75 Å². The van der Waals surface area contributed by atoms with Crippen molar-refractivity contribution < 1.29 is 19.1 Å². The van der Waals surface area contributed by atoms with Gasteiger partial charge in [-0.15, -0.1) is 0 Å². The minimum atomic E-state index is -0.362. The fraction of sp³-hybridized carbons (Fsp3) is 0.211. The average molecular weight is 340 g/mol. The third-order valence-corrected chi connectivity index (χ3v) is 3.60. The molecule has 2 rings (SSSR count). The van der Waals surface area contributed by atoms with Crippen molar-refractivity contribution in [2.45, 2.75) is 13.8 Å². The van der Waals surface area contributed by atoms with E-state index in [1.807, 2.05) is 0 Å². The summed E-state index contributed by atoms with van der Waals surface area (Å²) in [6.45, 7) is 2.71. The number of rotatable bonds is 6. The highest BCUT2D eigenvalue weighted by Gasteiger charge is 2.16. The van der Waals surface area contributed by atoms with Crippen LogP contribution >= 0.6 is 0 Å². The number of nitrogens with zero attached hydrogens (tertiary/aromatic N) is 1. The Hall–Kier alpha value is -3.15. The van der Waals surface area contributed by atoms with Crippen LogP contribution in [0.1, 0.15) is 24.2 Å². The Morgan fingerprint density at radius 1 is 1.04 bits per heavy atom. The molecular formula is C19H20N2O4. The SMILES string of the molecule is COc1cccc(N(CC(=O)Nc2cccc(C(C)=O)c2)C(C)=O)c1. The van der Waals surface area contributed by atoms with Gasteiger partial charge in [0.2, 0.25) is 11.8 Å². The zero-order valence-corrected chi connectivity index (χ0v) is 14.4. The molecule has 1 N–H and O–H groups in total. The molecule has 6 heteroatoms. The maximum Gasteiger partial charge on any atom is 0.244 e. The molecule has 0 atom stereocenters. The number of nitrogens with one attached hydrogen (secondary N) is 1. The van der Waals surface area contributed by atoms with Gasteiger partial charge in [-0.25, -0.2) is 0 Å². The van der Waals surface area contributed by atoms with E-state index in [4.69, 9.17) is 4.74 Å². The zero-order valence-electron chi connectivity index (χ0n) is 14.4. The van der Waals surface area contributed by atoms with Crippen molar-refractivity contribution in [2.75, 3.05) is 23.9 Å². The largest absolute Gasteiger partial charge is 0.497 e. The summed E-state index contributed by atoms with van der Waals surface area (Å²) in [7, 11) is 1.53. The highest BCUT2D eigenvalue weighted by Crippen LogP contribution is 2.21. The molecule has 6 nitrogen and oxygen atoms in total. The molecule has 0 aromatic heterocycles. The molecule has 0 aliphatic heterocycles. The third-order valence-electron chi connectivity index (χ3n) is 3.60. The number of amides is 2. The molecule has 0 saturated heterocycles. The first-order valence-electron chi connectivity index (χ1n) is 7.73. The predicted molar refractivity (Wildman–Crippen MR) is 96.1 cm³/mol. The van der Waals surface area contributed by atoms with E-state index in [0.717, 1.165) is 0 Å². The third kappa shape index (κ3) is 4.91. The van der Waals surface area contributed by atoms with Crippen LogP contribution in [0.4, 0.5) is 11.4 Å². The lowest BCUT2D eigenvalue weighted by atomic mass is 10.1. The van der Waals surface area contributed by atoms with Crippen LogP contribution in [0.25, 0.3) is 0 Å². The molecule has 0 radical (unpaired) electrons. The second-order valence-corrected chi connectivity index (χ2v) is 5.49. The molecule has 0 aliphatic rings. The Morgan fingerprint density at radius 3 is 2.40 bits per heavy atom. The molecule has 2 amide bonds. The van der Waals surface area contributed by atoms with E-state index in [0.29, 0.717) is 22.7 Å². The van der Waals surface area contributed by atoms with Crippen molar-refractivity contribution in [2.24, 2.45) is 0 Å². The lowest BCUT2D eigenvalue weighted by molar-refractivity contribution is -0.120. The number of hydrogen-bond acceptors (Lipinski definition) is 4. The van der Waals surface area contributed by atoms with Gasteiger partial charge in [-0.1, -0.05) is 18.2 Å². The Morgan fingerprint density at radius 2 is 1.76 bits per heavy atom. The van der Waals surface area contributed by atoms with Crippen LogP contribution in [0, 0.1) is 0 Å². The first-order chi connectivity index (χ1) is 11.9. The fourth-order valence-corrected chi connectivity index (χ4v) is 2.32. The van der Waals surface area contributed by atoms with Crippen molar-refractivity contribution in [1.82, 2.24) is 0 Å². The molecule has 0 bridgehead atoms. The van der Waals surface area contributed by atoms with Crippen LogP contribution in [0.5, 0.6) is 5.75 Å².